The van der Waals surface area contributed by atoms with Gasteiger partial charge in [-0.3, -0.25) is 9.59 Å². The van der Waals surface area contributed by atoms with Gasteiger partial charge in [0.15, 0.2) is 0 Å². The number of nitrogens with two attached hydrogens (primary N) is 2. The number of rotatable bonds is 3. The van der Waals surface area contributed by atoms with Gasteiger partial charge in [-0.15, -0.1) is 0 Å². The number of carbonyl (C=O) groups is 2. The van der Waals surface area contributed by atoms with Gasteiger partial charge in [0, 0.05) is 0 Å². The van der Waals surface area contributed by atoms with Gasteiger partial charge < -0.3 is 16.6 Å². The number of hydrogen-bond donors (Lipinski definition) is 3. The van der Waals surface area contributed by atoms with Crippen molar-refractivity contribution in [2.45, 2.75) is 12.5 Å². The molecule has 0 aliphatic rings. The maximum absolute atomic E-state index is 9.99. The fraction of sp³-hybridized carbons (Fsp3) is 0.500. The minimum atomic E-state index is -1.21. The van der Waals surface area contributed by atoms with Crippen LogP contribution in [0.15, 0.2) is 0 Å². The Bertz CT molecular complexity index is 138. The Morgan fingerprint density at radius 1 is 1.50 bits per heavy atom. The number of aliphatic carboxylic acids is 1. The molecule has 0 aromatic rings. The molecule has 10 heavy (non-hydrogen) atoms. The molecule has 6 heteroatoms. The van der Waals surface area contributed by atoms with Crippen molar-refractivity contribution in [3.63, 3.8) is 0 Å². The van der Waals surface area contributed by atoms with E-state index in [2.05, 4.69) is 5.73 Å². The van der Waals surface area contributed by atoms with Gasteiger partial charge in [-0.2, -0.15) is 0 Å². The number of carboxylic acid groups (broad SMARTS) is 1. The number of primary amides is 1. The van der Waals surface area contributed by atoms with Gasteiger partial charge in [0.2, 0.25) is 5.91 Å². The number of carboxylic acids is 1. The summed E-state index contributed by atoms with van der Waals surface area (Å²) in [7, 11) is 0. The zero-order chi connectivity index (χ0) is 7.44. The number of hydrogen-bond acceptors (Lipinski definition) is 3. The lowest BCUT2D eigenvalue weighted by atomic mass is 10.2. The van der Waals surface area contributed by atoms with Crippen molar-refractivity contribution in [2.75, 3.05) is 0 Å². The first-order valence-electron chi connectivity index (χ1n) is 2.30. The standard InChI is InChI=1S/C4H8N2O3.Mg.2H/c5-2(4(8)9)1-3(6)7;;;/h2H,1,5H2,(H2,6,7)(H,8,9);;;. The number of amides is 1. The van der Waals surface area contributed by atoms with Crippen molar-refractivity contribution in [3.8, 4) is 0 Å². The fourth-order valence-electron chi connectivity index (χ4n) is 0.304. The molecule has 0 saturated carbocycles. The van der Waals surface area contributed by atoms with Crippen LogP contribution in [0.5, 0.6) is 0 Å². The maximum Gasteiger partial charge on any atom is 0.321 e. The van der Waals surface area contributed by atoms with Crippen LogP contribution in [0.4, 0.5) is 0 Å². The van der Waals surface area contributed by atoms with E-state index in [1.165, 1.54) is 0 Å². The van der Waals surface area contributed by atoms with E-state index in [-0.39, 0.29) is 29.5 Å². The molecular formula is C4H10MgN2O3. The van der Waals surface area contributed by atoms with E-state index >= 15 is 0 Å². The van der Waals surface area contributed by atoms with Gasteiger partial charge in [0.25, 0.3) is 0 Å². The van der Waals surface area contributed by atoms with E-state index in [4.69, 9.17) is 10.8 Å². The molecule has 0 aliphatic carbocycles. The molecule has 0 saturated heterocycles. The number of carbonyl (C=O) groups excluding carboxylic acids is 1. The van der Waals surface area contributed by atoms with E-state index in [0.29, 0.717) is 0 Å². The van der Waals surface area contributed by atoms with Crippen LogP contribution in [0.2, 0.25) is 0 Å². The smallest absolute Gasteiger partial charge is 0.321 e. The lowest BCUT2D eigenvalue weighted by molar-refractivity contribution is -0.140. The van der Waals surface area contributed by atoms with Gasteiger partial charge in [0.05, 0.1) is 6.42 Å². The fourth-order valence-corrected chi connectivity index (χ4v) is 0.304. The molecule has 1 amide bonds. The first kappa shape index (κ1) is 12.4. The third-order valence-corrected chi connectivity index (χ3v) is 0.738. The Kier molecular flexibility index (Phi) is 6.73. The Morgan fingerprint density at radius 3 is 2.00 bits per heavy atom. The van der Waals surface area contributed by atoms with Crippen molar-refractivity contribution in [1.29, 1.82) is 0 Å². The van der Waals surface area contributed by atoms with Crippen molar-refractivity contribution >= 4 is 34.9 Å². The molecule has 5 nitrogen and oxygen atoms in total. The Labute approximate surface area is 73.9 Å². The topological polar surface area (TPSA) is 106 Å². The van der Waals surface area contributed by atoms with Crippen LogP contribution >= 0.6 is 0 Å². The van der Waals surface area contributed by atoms with Crippen LogP contribution in [0.3, 0.4) is 0 Å². The largest absolute Gasteiger partial charge is 0.480 e. The molecule has 1 unspecified atom stereocenters. The minimum Gasteiger partial charge on any atom is -0.480 e. The molecule has 56 valence electrons. The van der Waals surface area contributed by atoms with Crippen LogP contribution in [0, 0.1) is 0 Å². The predicted molar refractivity (Wildman–Crippen MR) is 38.0 cm³/mol. The Balaban J connectivity index is 0. The average Bonchev–Trinajstić information content (AvgIpc) is 1.63. The van der Waals surface area contributed by atoms with Crippen molar-refractivity contribution in [1.82, 2.24) is 0 Å². The normalized spacial score (nSPS) is 11.3. The van der Waals surface area contributed by atoms with Gasteiger partial charge in [-0.25, -0.2) is 0 Å². The second kappa shape index (κ2) is 5.45. The summed E-state index contributed by atoms with van der Waals surface area (Å²) in [4.78, 5) is 19.9. The molecule has 0 fully saturated rings. The SMILES string of the molecule is NC(=O)CC(N)C(=O)O.[MgH2]. The summed E-state index contributed by atoms with van der Waals surface area (Å²) in [6, 6.07) is -1.16. The van der Waals surface area contributed by atoms with Crippen LogP contribution in [0.25, 0.3) is 0 Å². The summed E-state index contributed by atoms with van der Waals surface area (Å²) in [5, 5.41) is 8.10. The van der Waals surface area contributed by atoms with Gasteiger partial charge in [0.1, 0.15) is 6.04 Å². The lowest BCUT2D eigenvalue weighted by Gasteiger charge is -1.99. The van der Waals surface area contributed by atoms with E-state index in [1.807, 2.05) is 0 Å². The molecule has 1 atom stereocenters. The summed E-state index contributed by atoms with van der Waals surface area (Å²) in [5.74, 6) is -1.92. The second-order valence-electron chi connectivity index (χ2n) is 1.62. The van der Waals surface area contributed by atoms with Crippen LogP contribution < -0.4 is 11.5 Å². The Hall–Kier alpha value is -0.334. The first-order chi connectivity index (χ1) is 4.04. The zero-order valence-electron chi connectivity index (χ0n) is 4.70. The second-order valence-corrected chi connectivity index (χ2v) is 1.62. The maximum atomic E-state index is 9.99. The van der Waals surface area contributed by atoms with E-state index in [1.54, 1.807) is 0 Å². The third kappa shape index (κ3) is 5.80. The molecule has 0 aliphatic heterocycles. The summed E-state index contributed by atoms with van der Waals surface area (Å²) >= 11 is 0. The highest BCUT2D eigenvalue weighted by atomic mass is 24.3. The van der Waals surface area contributed by atoms with E-state index in [9.17, 15) is 9.59 Å². The molecule has 5 N–H and O–H groups in total. The molecule has 0 heterocycles. The summed E-state index contributed by atoms with van der Waals surface area (Å²) in [6.07, 6.45) is -0.310. The molecule has 0 bridgehead atoms. The summed E-state index contributed by atoms with van der Waals surface area (Å²) in [6.45, 7) is 0. The molecule has 0 aromatic carbocycles. The lowest BCUT2D eigenvalue weighted by Crippen LogP contribution is -2.34. The summed E-state index contributed by atoms with van der Waals surface area (Å²) in [5.41, 5.74) is 9.57. The highest BCUT2D eigenvalue weighted by Gasteiger charge is 2.13. The van der Waals surface area contributed by atoms with Gasteiger partial charge >= 0.3 is 29.0 Å². The highest BCUT2D eigenvalue weighted by Crippen LogP contribution is 1.84. The third-order valence-electron chi connectivity index (χ3n) is 0.738. The van der Waals surface area contributed by atoms with Gasteiger partial charge in [-0.05, 0) is 0 Å². The first-order valence-corrected chi connectivity index (χ1v) is 2.30. The quantitative estimate of drug-likeness (QED) is 0.390. The monoisotopic (exact) mass is 158 g/mol. The molecule has 0 rings (SSSR count). The summed E-state index contributed by atoms with van der Waals surface area (Å²) < 4.78 is 0. The van der Waals surface area contributed by atoms with Crippen molar-refractivity contribution in [2.24, 2.45) is 11.5 Å². The molecular weight excluding hydrogens is 148 g/mol. The highest BCUT2D eigenvalue weighted by molar-refractivity contribution is 5.83. The molecule has 0 spiro atoms. The van der Waals surface area contributed by atoms with Crippen molar-refractivity contribution in [3.05, 3.63) is 0 Å². The zero-order valence-corrected chi connectivity index (χ0v) is 4.70. The van der Waals surface area contributed by atoms with Crippen LogP contribution in [-0.4, -0.2) is 46.1 Å². The molecule has 0 aromatic heterocycles. The van der Waals surface area contributed by atoms with Crippen LogP contribution in [0.1, 0.15) is 6.42 Å². The molecule has 0 radical (unpaired) electrons. The van der Waals surface area contributed by atoms with E-state index < -0.39 is 17.9 Å². The average molecular weight is 158 g/mol. The van der Waals surface area contributed by atoms with Gasteiger partial charge in [-0.1, -0.05) is 0 Å². The van der Waals surface area contributed by atoms with Crippen LogP contribution in [-0.2, 0) is 9.59 Å². The minimum absolute atomic E-state index is 0. The van der Waals surface area contributed by atoms with Crippen molar-refractivity contribution < 1.29 is 14.7 Å². The van der Waals surface area contributed by atoms with E-state index in [0.717, 1.165) is 0 Å². The predicted octanol–water partition coefficient (Wildman–Crippen LogP) is -2.64. The Morgan fingerprint density at radius 2 is 1.90 bits per heavy atom.